The fraction of sp³-hybridized carbons (Fsp3) is 0.611. The molecule has 0 amide bonds. The molecule has 1 atom stereocenters. The maximum Gasteiger partial charge on any atom is 0.133 e. The zero-order valence-electron chi connectivity index (χ0n) is 14.6. The lowest BCUT2D eigenvalue weighted by atomic mass is 10.0. The van der Waals surface area contributed by atoms with E-state index in [9.17, 15) is 5.26 Å². The first kappa shape index (κ1) is 18.8. The zero-order chi connectivity index (χ0) is 17.4. The van der Waals surface area contributed by atoms with E-state index in [4.69, 9.17) is 10.5 Å². The van der Waals surface area contributed by atoms with Gasteiger partial charge in [0.2, 0.25) is 0 Å². The summed E-state index contributed by atoms with van der Waals surface area (Å²) in [7, 11) is 2.12. The Hall–Kier alpha value is -2.29. The Morgan fingerprint density at radius 2 is 1.83 bits per heavy atom. The predicted octanol–water partition coefficient (Wildman–Crippen LogP) is 3.30. The van der Waals surface area contributed by atoms with Crippen LogP contribution in [0.15, 0.2) is 22.4 Å². The van der Waals surface area contributed by atoms with E-state index in [-0.39, 0.29) is 11.7 Å². The van der Waals surface area contributed by atoms with Crippen molar-refractivity contribution in [2.24, 2.45) is 0 Å². The van der Waals surface area contributed by atoms with Crippen molar-refractivity contribution in [1.82, 2.24) is 9.80 Å². The average Bonchev–Trinajstić information content (AvgIpc) is 3.04. The zero-order valence-corrected chi connectivity index (χ0v) is 14.6. The van der Waals surface area contributed by atoms with Crippen LogP contribution in [0.5, 0.6) is 0 Å². The molecule has 5 nitrogen and oxygen atoms in total. The van der Waals surface area contributed by atoms with Crippen molar-refractivity contribution in [1.29, 1.82) is 15.8 Å². The van der Waals surface area contributed by atoms with Gasteiger partial charge in [-0.15, -0.1) is 0 Å². The number of rotatable bonds is 6. The highest BCUT2D eigenvalue weighted by Gasteiger charge is 2.29. The molecule has 0 spiro atoms. The van der Waals surface area contributed by atoms with Gasteiger partial charge in [-0.1, -0.05) is 13.3 Å². The van der Waals surface area contributed by atoms with Crippen LogP contribution < -0.4 is 0 Å². The Balaban J connectivity index is 3.16. The van der Waals surface area contributed by atoms with E-state index in [0.29, 0.717) is 11.1 Å². The first-order chi connectivity index (χ1) is 11.0. The smallest absolute Gasteiger partial charge is 0.133 e. The number of allylic oxidation sites excluding steroid dienone is 4. The monoisotopic (exact) mass is 311 g/mol. The lowest BCUT2D eigenvalue weighted by Gasteiger charge is -2.35. The first-order valence-corrected chi connectivity index (χ1v) is 8.11. The summed E-state index contributed by atoms with van der Waals surface area (Å²) >= 11 is 0. The molecule has 1 unspecified atom stereocenters. The number of nitriles is 3. The van der Waals surface area contributed by atoms with Gasteiger partial charge in [0.15, 0.2) is 0 Å². The summed E-state index contributed by atoms with van der Waals surface area (Å²) < 4.78 is 0. The molecule has 0 bridgehead atoms. The van der Waals surface area contributed by atoms with Gasteiger partial charge < -0.3 is 4.90 Å². The van der Waals surface area contributed by atoms with Gasteiger partial charge in [-0.05, 0) is 52.3 Å². The number of hydrogen-bond acceptors (Lipinski definition) is 5. The Bertz CT molecular complexity index is 593. The molecular weight excluding hydrogens is 286 g/mol. The van der Waals surface area contributed by atoms with Crippen molar-refractivity contribution < 1.29 is 0 Å². The Morgan fingerprint density at radius 3 is 2.35 bits per heavy atom. The van der Waals surface area contributed by atoms with Crippen molar-refractivity contribution in [2.45, 2.75) is 52.6 Å². The molecule has 122 valence electrons. The minimum Gasteiger partial charge on any atom is -0.358 e. The van der Waals surface area contributed by atoms with Gasteiger partial charge in [0, 0.05) is 12.2 Å². The van der Waals surface area contributed by atoms with Gasteiger partial charge in [-0.25, -0.2) is 0 Å². The molecule has 5 heteroatoms. The standard InChI is InChI=1S/C18H25N5/c1-5-6-9-22(4)18-8-7-10-23(18)15(3)17(13-21)14(2)16(11-19)12-20/h18H,5-10H2,1-4H3/b17-15+. The highest BCUT2D eigenvalue weighted by molar-refractivity contribution is 5.54. The topological polar surface area (TPSA) is 77.8 Å². The van der Waals surface area contributed by atoms with E-state index in [1.165, 1.54) is 0 Å². The summed E-state index contributed by atoms with van der Waals surface area (Å²) in [5, 5.41) is 27.6. The largest absolute Gasteiger partial charge is 0.358 e. The minimum atomic E-state index is 0.0102. The van der Waals surface area contributed by atoms with Gasteiger partial charge >= 0.3 is 0 Å². The van der Waals surface area contributed by atoms with Crippen LogP contribution in [-0.4, -0.2) is 36.1 Å². The van der Waals surface area contributed by atoms with Crippen LogP contribution in [0.4, 0.5) is 0 Å². The second-order valence-electron chi connectivity index (χ2n) is 5.95. The molecule has 1 fully saturated rings. The van der Waals surface area contributed by atoms with Crippen LogP contribution in [0.25, 0.3) is 0 Å². The molecule has 0 aromatic rings. The lowest BCUT2D eigenvalue weighted by molar-refractivity contribution is 0.124. The molecule has 1 heterocycles. The third-order valence-corrected chi connectivity index (χ3v) is 4.47. The summed E-state index contributed by atoms with van der Waals surface area (Å²) in [5.74, 6) is 0. The third-order valence-electron chi connectivity index (χ3n) is 4.47. The fourth-order valence-electron chi connectivity index (χ4n) is 3.05. The molecular formula is C18H25N5. The Morgan fingerprint density at radius 1 is 1.17 bits per heavy atom. The maximum absolute atomic E-state index is 9.53. The van der Waals surface area contributed by atoms with E-state index in [0.717, 1.165) is 44.5 Å². The van der Waals surface area contributed by atoms with Crippen LogP contribution in [-0.2, 0) is 0 Å². The Labute approximate surface area is 139 Å². The van der Waals surface area contributed by atoms with Crippen molar-refractivity contribution in [3.63, 3.8) is 0 Å². The number of hydrogen-bond donors (Lipinski definition) is 0. The molecule has 23 heavy (non-hydrogen) atoms. The SMILES string of the molecule is CCCCN(C)C1CCCN1/C(C)=C(\C#N)C(C)=C(C#N)C#N. The average molecular weight is 311 g/mol. The van der Waals surface area contributed by atoms with Gasteiger partial charge in [-0.2, -0.15) is 15.8 Å². The van der Waals surface area contributed by atoms with Crippen molar-refractivity contribution in [2.75, 3.05) is 20.1 Å². The van der Waals surface area contributed by atoms with E-state index in [2.05, 4.69) is 29.8 Å². The van der Waals surface area contributed by atoms with Crippen LogP contribution >= 0.6 is 0 Å². The van der Waals surface area contributed by atoms with Crippen molar-refractivity contribution in [3.05, 3.63) is 22.4 Å². The molecule has 0 N–H and O–H groups in total. The van der Waals surface area contributed by atoms with E-state index in [1.54, 1.807) is 6.92 Å². The summed E-state index contributed by atoms with van der Waals surface area (Å²) in [5.41, 5.74) is 1.78. The predicted molar refractivity (Wildman–Crippen MR) is 89.5 cm³/mol. The maximum atomic E-state index is 9.53. The van der Waals surface area contributed by atoms with Gasteiger partial charge in [0.05, 0.1) is 11.7 Å². The van der Waals surface area contributed by atoms with Crippen molar-refractivity contribution in [3.8, 4) is 18.2 Å². The molecule has 1 rings (SSSR count). The van der Waals surface area contributed by atoms with Crippen molar-refractivity contribution >= 4 is 0 Å². The lowest BCUT2D eigenvalue weighted by Crippen LogP contribution is -2.42. The summed E-state index contributed by atoms with van der Waals surface area (Å²) in [6.07, 6.45) is 4.75. The highest BCUT2D eigenvalue weighted by Crippen LogP contribution is 2.28. The van der Waals surface area contributed by atoms with Gasteiger partial charge in [0.25, 0.3) is 0 Å². The van der Waals surface area contributed by atoms with Crippen LogP contribution in [0, 0.1) is 34.0 Å². The van der Waals surface area contributed by atoms with Crippen LogP contribution in [0.3, 0.4) is 0 Å². The molecule has 0 aromatic carbocycles. The Kier molecular flexibility index (Phi) is 7.33. The fourth-order valence-corrected chi connectivity index (χ4v) is 3.05. The third kappa shape index (κ3) is 4.35. The second kappa shape index (κ2) is 8.99. The summed E-state index contributed by atoms with van der Waals surface area (Å²) in [4.78, 5) is 4.58. The summed E-state index contributed by atoms with van der Waals surface area (Å²) in [6, 6.07) is 5.95. The second-order valence-corrected chi connectivity index (χ2v) is 5.95. The number of nitrogens with zero attached hydrogens (tertiary/aromatic N) is 5. The minimum absolute atomic E-state index is 0.0102. The van der Waals surface area contributed by atoms with E-state index >= 15 is 0 Å². The molecule has 1 aliphatic rings. The van der Waals surface area contributed by atoms with E-state index < -0.39 is 0 Å². The van der Waals surface area contributed by atoms with Gasteiger partial charge in [-0.3, -0.25) is 4.90 Å². The van der Waals surface area contributed by atoms with Crippen LogP contribution in [0.1, 0.15) is 46.5 Å². The number of likely N-dealkylation sites (tertiary alicyclic amines) is 1. The molecule has 0 aromatic heterocycles. The molecule has 1 saturated heterocycles. The molecule has 1 aliphatic heterocycles. The summed E-state index contributed by atoms with van der Waals surface area (Å²) in [6.45, 7) is 7.71. The normalized spacial score (nSPS) is 18.0. The number of unbranched alkanes of at least 4 members (excludes halogenated alkanes) is 1. The molecule has 0 saturated carbocycles. The first-order valence-electron chi connectivity index (χ1n) is 8.11. The molecule has 0 radical (unpaired) electrons. The van der Waals surface area contributed by atoms with Gasteiger partial charge in [0.1, 0.15) is 23.8 Å². The van der Waals surface area contributed by atoms with Crippen LogP contribution in [0.2, 0.25) is 0 Å². The molecule has 0 aliphatic carbocycles. The van der Waals surface area contributed by atoms with E-state index in [1.807, 2.05) is 19.1 Å². The quantitative estimate of drug-likeness (QED) is 0.555. The highest BCUT2D eigenvalue weighted by atomic mass is 15.4.